The van der Waals surface area contributed by atoms with Crippen LogP contribution in [-0.2, 0) is 9.59 Å². The maximum absolute atomic E-state index is 12.7. The monoisotopic (exact) mass is 342 g/mol. The lowest BCUT2D eigenvalue weighted by Gasteiger charge is -2.26. The van der Waals surface area contributed by atoms with Crippen molar-refractivity contribution in [3.8, 4) is 5.75 Å². The molecule has 0 unspecified atom stereocenters. The zero-order valence-electron chi connectivity index (χ0n) is 13.7. The van der Waals surface area contributed by atoms with E-state index >= 15 is 0 Å². The van der Waals surface area contributed by atoms with Crippen molar-refractivity contribution in [1.29, 1.82) is 0 Å². The largest absolute Gasteiger partial charge is 0.481 e. The first-order valence-corrected chi connectivity index (χ1v) is 8.27. The number of halogens is 1. The maximum atomic E-state index is 12.7. The molecule has 0 spiro atoms. The second kappa shape index (κ2) is 7.05. The molecule has 0 heterocycles. The van der Waals surface area contributed by atoms with Crippen molar-refractivity contribution in [2.45, 2.75) is 31.6 Å². The predicted octanol–water partition coefficient (Wildman–Crippen LogP) is 4.59. The van der Waals surface area contributed by atoms with Gasteiger partial charge in [-0.1, -0.05) is 30.8 Å². The van der Waals surface area contributed by atoms with Gasteiger partial charge in [-0.05, 0) is 60.1 Å². The van der Waals surface area contributed by atoms with E-state index in [9.17, 15) is 14.0 Å². The summed E-state index contributed by atoms with van der Waals surface area (Å²) in [5.74, 6) is -2.51. The molecule has 1 saturated carbocycles. The van der Waals surface area contributed by atoms with Crippen LogP contribution in [0.25, 0.3) is 10.8 Å². The van der Waals surface area contributed by atoms with E-state index in [4.69, 9.17) is 9.84 Å². The fourth-order valence-electron chi connectivity index (χ4n) is 3.40. The standard InChI is InChI=1S/C20H19FO4/c1-12(21)20(24)25-18-9-8-16-10-15(6-7-17(16)11-18)13-2-4-14(5-3-13)19(22)23/h6-11,13-14H,1-5H2,(H,22,23). The van der Waals surface area contributed by atoms with Crippen molar-refractivity contribution < 1.29 is 23.8 Å². The number of carboxylic acids is 1. The summed E-state index contributed by atoms with van der Waals surface area (Å²) in [7, 11) is 0. The van der Waals surface area contributed by atoms with Gasteiger partial charge in [-0.3, -0.25) is 4.79 Å². The number of esters is 1. The number of hydrogen-bond donors (Lipinski definition) is 1. The van der Waals surface area contributed by atoms with E-state index in [-0.39, 0.29) is 11.7 Å². The summed E-state index contributed by atoms with van der Waals surface area (Å²) in [5.41, 5.74) is 1.19. The SMILES string of the molecule is C=C(F)C(=O)Oc1ccc2cc(C3CCC(C(=O)O)CC3)ccc2c1. The van der Waals surface area contributed by atoms with Gasteiger partial charge in [-0.2, -0.15) is 4.39 Å². The van der Waals surface area contributed by atoms with Gasteiger partial charge >= 0.3 is 11.9 Å². The number of ether oxygens (including phenoxy) is 1. The van der Waals surface area contributed by atoms with E-state index in [0.29, 0.717) is 18.8 Å². The molecule has 25 heavy (non-hydrogen) atoms. The molecule has 2 aromatic carbocycles. The fourth-order valence-corrected chi connectivity index (χ4v) is 3.40. The minimum Gasteiger partial charge on any atom is -0.481 e. The highest BCUT2D eigenvalue weighted by Crippen LogP contribution is 2.37. The number of aliphatic carboxylic acids is 1. The van der Waals surface area contributed by atoms with Crippen LogP contribution in [0.3, 0.4) is 0 Å². The maximum Gasteiger partial charge on any atom is 0.371 e. The molecule has 0 aromatic heterocycles. The van der Waals surface area contributed by atoms with Crippen molar-refractivity contribution in [2.75, 3.05) is 0 Å². The Balaban J connectivity index is 1.76. The lowest BCUT2D eigenvalue weighted by Crippen LogP contribution is -2.20. The molecule has 130 valence electrons. The molecule has 5 heteroatoms. The Morgan fingerprint density at radius 3 is 2.32 bits per heavy atom. The first-order valence-electron chi connectivity index (χ1n) is 8.27. The molecule has 0 radical (unpaired) electrons. The van der Waals surface area contributed by atoms with Crippen LogP contribution < -0.4 is 4.74 Å². The van der Waals surface area contributed by atoms with E-state index in [1.165, 1.54) is 5.56 Å². The number of carbonyl (C=O) groups is 2. The Bertz CT molecular complexity index is 835. The molecule has 1 aliphatic rings. The quantitative estimate of drug-likeness (QED) is 0.501. The molecule has 0 aliphatic heterocycles. The Morgan fingerprint density at radius 2 is 1.68 bits per heavy atom. The molecule has 0 saturated heterocycles. The van der Waals surface area contributed by atoms with Crippen LogP contribution in [0, 0.1) is 5.92 Å². The van der Waals surface area contributed by atoms with Crippen LogP contribution >= 0.6 is 0 Å². The van der Waals surface area contributed by atoms with Crippen molar-refractivity contribution in [3.05, 3.63) is 54.4 Å². The third-order valence-corrected chi connectivity index (χ3v) is 4.82. The lowest BCUT2D eigenvalue weighted by molar-refractivity contribution is -0.142. The first kappa shape index (κ1) is 17.1. The Hall–Kier alpha value is -2.69. The van der Waals surface area contributed by atoms with Crippen molar-refractivity contribution in [3.63, 3.8) is 0 Å². The summed E-state index contributed by atoms with van der Waals surface area (Å²) < 4.78 is 17.6. The zero-order chi connectivity index (χ0) is 18.0. The number of hydrogen-bond acceptors (Lipinski definition) is 3. The summed E-state index contributed by atoms with van der Waals surface area (Å²) in [5, 5.41) is 11.0. The first-order chi connectivity index (χ1) is 11.9. The van der Waals surface area contributed by atoms with Crippen LogP contribution in [0.4, 0.5) is 4.39 Å². The van der Waals surface area contributed by atoms with E-state index in [0.717, 1.165) is 23.6 Å². The minimum absolute atomic E-state index is 0.223. The topological polar surface area (TPSA) is 63.6 Å². The average Bonchev–Trinajstić information content (AvgIpc) is 2.61. The second-order valence-electron chi connectivity index (χ2n) is 6.45. The molecule has 3 rings (SSSR count). The number of carboxylic acid groups (broad SMARTS) is 1. The van der Waals surface area contributed by atoms with E-state index in [2.05, 4.69) is 12.6 Å². The molecule has 1 N–H and O–H groups in total. The van der Waals surface area contributed by atoms with Gasteiger partial charge < -0.3 is 9.84 Å². The van der Waals surface area contributed by atoms with Crippen LogP contribution in [0.15, 0.2) is 48.8 Å². The van der Waals surface area contributed by atoms with Gasteiger partial charge in [0.2, 0.25) is 5.83 Å². The van der Waals surface area contributed by atoms with Crippen LogP contribution in [0.2, 0.25) is 0 Å². The Kier molecular flexibility index (Phi) is 4.83. The summed E-state index contributed by atoms with van der Waals surface area (Å²) >= 11 is 0. The normalized spacial score (nSPS) is 20.2. The molecule has 0 atom stereocenters. The summed E-state index contributed by atoms with van der Waals surface area (Å²) in [4.78, 5) is 22.3. The van der Waals surface area contributed by atoms with Crippen LogP contribution in [-0.4, -0.2) is 17.0 Å². The molecule has 4 nitrogen and oxygen atoms in total. The number of carbonyl (C=O) groups excluding carboxylic acids is 1. The summed E-state index contributed by atoms with van der Waals surface area (Å²) in [6.07, 6.45) is 3.16. The van der Waals surface area contributed by atoms with Crippen LogP contribution in [0.1, 0.15) is 37.2 Å². The smallest absolute Gasteiger partial charge is 0.371 e. The number of fused-ring (bicyclic) bond motifs is 1. The summed E-state index contributed by atoms with van der Waals surface area (Å²) in [6, 6.07) is 11.2. The van der Waals surface area contributed by atoms with Gasteiger partial charge in [0.1, 0.15) is 5.75 Å². The van der Waals surface area contributed by atoms with E-state index in [1.807, 2.05) is 18.2 Å². The van der Waals surface area contributed by atoms with Gasteiger partial charge in [0.25, 0.3) is 0 Å². The second-order valence-corrected chi connectivity index (χ2v) is 6.45. The zero-order valence-corrected chi connectivity index (χ0v) is 13.7. The predicted molar refractivity (Wildman–Crippen MR) is 92.2 cm³/mol. The van der Waals surface area contributed by atoms with E-state index < -0.39 is 17.8 Å². The van der Waals surface area contributed by atoms with E-state index in [1.54, 1.807) is 12.1 Å². The van der Waals surface area contributed by atoms with Crippen molar-refractivity contribution in [2.24, 2.45) is 5.92 Å². The molecular formula is C20H19FO4. The highest BCUT2D eigenvalue weighted by atomic mass is 19.1. The Labute approximate surface area is 144 Å². The summed E-state index contributed by atoms with van der Waals surface area (Å²) in [6.45, 7) is 2.92. The fraction of sp³-hybridized carbons (Fsp3) is 0.300. The van der Waals surface area contributed by atoms with Gasteiger partial charge in [0, 0.05) is 0 Å². The Morgan fingerprint density at radius 1 is 1.04 bits per heavy atom. The van der Waals surface area contributed by atoms with Crippen LogP contribution in [0.5, 0.6) is 5.75 Å². The average molecular weight is 342 g/mol. The highest BCUT2D eigenvalue weighted by Gasteiger charge is 2.26. The molecule has 0 amide bonds. The third-order valence-electron chi connectivity index (χ3n) is 4.82. The molecule has 1 aliphatic carbocycles. The number of rotatable bonds is 4. The molecule has 0 bridgehead atoms. The minimum atomic E-state index is -1.13. The molecular weight excluding hydrogens is 323 g/mol. The van der Waals surface area contributed by atoms with Gasteiger partial charge in [0.05, 0.1) is 5.92 Å². The molecule has 2 aromatic rings. The van der Waals surface area contributed by atoms with Gasteiger partial charge in [0.15, 0.2) is 0 Å². The highest BCUT2D eigenvalue weighted by molar-refractivity contribution is 5.89. The van der Waals surface area contributed by atoms with Crippen molar-refractivity contribution in [1.82, 2.24) is 0 Å². The number of benzene rings is 2. The van der Waals surface area contributed by atoms with Crippen molar-refractivity contribution >= 4 is 22.7 Å². The molecule has 1 fully saturated rings. The van der Waals surface area contributed by atoms with Gasteiger partial charge in [-0.15, -0.1) is 0 Å². The third kappa shape index (κ3) is 3.87. The van der Waals surface area contributed by atoms with Gasteiger partial charge in [-0.25, -0.2) is 4.79 Å². The lowest BCUT2D eigenvalue weighted by atomic mass is 9.78.